The van der Waals surface area contributed by atoms with E-state index in [2.05, 4.69) is 26.0 Å². The molecule has 3 nitrogen and oxygen atoms in total. The van der Waals surface area contributed by atoms with Gasteiger partial charge in [-0.05, 0) is 44.9 Å². The molecule has 0 aromatic heterocycles. The first-order valence-electron chi connectivity index (χ1n) is 15.7. The predicted octanol–water partition coefficient (Wildman–Crippen LogP) is 10.2. The standard InChI is InChI=1S/C32H62O3/c1-4-7-9-11-12-15-18-21-26-30(33)27-22-19-16-13-14-17-20-24-29-31(28-23-10-8-5-2)35-32(34)25-6-3/h20,24,30-31,33H,4-19,21-23,25-29H2,1-3H3. The van der Waals surface area contributed by atoms with Crippen LogP contribution in [0.3, 0.4) is 0 Å². The summed E-state index contributed by atoms with van der Waals surface area (Å²) in [6, 6.07) is 0. The van der Waals surface area contributed by atoms with E-state index in [1.807, 2.05) is 6.92 Å². The molecule has 0 spiro atoms. The summed E-state index contributed by atoms with van der Waals surface area (Å²) < 4.78 is 5.71. The zero-order valence-corrected chi connectivity index (χ0v) is 24.0. The van der Waals surface area contributed by atoms with E-state index in [9.17, 15) is 9.90 Å². The SMILES string of the molecule is CCCCCCCCCCC(O)CCCCCCCC=CCC(CCCCCC)OC(=O)CCC. The van der Waals surface area contributed by atoms with Gasteiger partial charge in [-0.3, -0.25) is 4.79 Å². The second-order valence-corrected chi connectivity index (χ2v) is 10.7. The van der Waals surface area contributed by atoms with Crippen LogP contribution >= 0.6 is 0 Å². The molecular formula is C32H62O3. The quantitative estimate of drug-likeness (QED) is 0.0701. The Labute approximate surface area is 219 Å². The first-order chi connectivity index (χ1) is 17.1. The van der Waals surface area contributed by atoms with Crippen molar-refractivity contribution in [2.24, 2.45) is 0 Å². The summed E-state index contributed by atoms with van der Waals surface area (Å²) in [6.07, 6.45) is 32.6. The van der Waals surface area contributed by atoms with E-state index in [0.29, 0.717) is 6.42 Å². The van der Waals surface area contributed by atoms with Crippen molar-refractivity contribution in [1.82, 2.24) is 0 Å². The zero-order valence-electron chi connectivity index (χ0n) is 24.0. The average molecular weight is 495 g/mol. The summed E-state index contributed by atoms with van der Waals surface area (Å²) in [4.78, 5) is 11.9. The van der Waals surface area contributed by atoms with E-state index < -0.39 is 0 Å². The van der Waals surface area contributed by atoms with Crippen molar-refractivity contribution < 1.29 is 14.6 Å². The van der Waals surface area contributed by atoms with Gasteiger partial charge in [0.1, 0.15) is 6.10 Å². The number of carbonyl (C=O) groups is 1. The van der Waals surface area contributed by atoms with Gasteiger partial charge in [0.05, 0.1) is 6.10 Å². The number of aliphatic hydroxyl groups is 1. The normalized spacial score (nSPS) is 13.4. The minimum Gasteiger partial charge on any atom is -0.462 e. The van der Waals surface area contributed by atoms with Crippen LogP contribution in [0.4, 0.5) is 0 Å². The number of rotatable bonds is 27. The third-order valence-corrected chi connectivity index (χ3v) is 7.00. The first kappa shape index (κ1) is 34.2. The highest BCUT2D eigenvalue weighted by molar-refractivity contribution is 5.69. The molecule has 0 aliphatic rings. The molecule has 0 rings (SSSR count). The molecule has 0 saturated heterocycles. The Hall–Kier alpha value is -0.830. The third-order valence-electron chi connectivity index (χ3n) is 7.00. The van der Waals surface area contributed by atoms with Gasteiger partial charge in [0.2, 0.25) is 0 Å². The van der Waals surface area contributed by atoms with Crippen molar-refractivity contribution in [2.45, 2.75) is 187 Å². The Bertz CT molecular complexity index is 460. The van der Waals surface area contributed by atoms with Crippen molar-refractivity contribution in [3.8, 4) is 0 Å². The molecule has 0 bridgehead atoms. The van der Waals surface area contributed by atoms with Crippen LogP contribution in [0.1, 0.15) is 175 Å². The van der Waals surface area contributed by atoms with E-state index in [-0.39, 0.29) is 18.2 Å². The van der Waals surface area contributed by atoms with Gasteiger partial charge < -0.3 is 9.84 Å². The summed E-state index contributed by atoms with van der Waals surface area (Å²) in [5.74, 6) is -0.0377. The minimum absolute atomic E-state index is 0.0377. The van der Waals surface area contributed by atoms with Crippen molar-refractivity contribution in [3.63, 3.8) is 0 Å². The lowest BCUT2D eigenvalue weighted by Gasteiger charge is -2.16. The van der Waals surface area contributed by atoms with Crippen LogP contribution in [0.15, 0.2) is 12.2 Å². The summed E-state index contributed by atoms with van der Waals surface area (Å²) >= 11 is 0. The van der Waals surface area contributed by atoms with Crippen molar-refractivity contribution in [3.05, 3.63) is 12.2 Å². The fourth-order valence-electron chi connectivity index (χ4n) is 4.67. The summed E-state index contributed by atoms with van der Waals surface area (Å²) in [6.45, 7) is 6.52. The molecule has 0 heterocycles. The molecule has 3 heteroatoms. The van der Waals surface area contributed by atoms with Crippen LogP contribution < -0.4 is 0 Å². The van der Waals surface area contributed by atoms with Gasteiger partial charge >= 0.3 is 5.97 Å². The molecule has 0 aliphatic heterocycles. The van der Waals surface area contributed by atoms with E-state index in [1.54, 1.807) is 0 Å². The fourth-order valence-corrected chi connectivity index (χ4v) is 4.67. The lowest BCUT2D eigenvalue weighted by atomic mass is 10.0. The maximum atomic E-state index is 11.9. The summed E-state index contributed by atoms with van der Waals surface area (Å²) in [7, 11) is 0. The number of carbonyl (C=O) groups excluding carboxylic acids is 1. The van der Waals surface area contributed by atoms with Gasteiger partial charge in [0.15, 0.2) is 0 Å². The van der Waals surface area contributed by atoms with E-state index in [1.165, 1.54) is 96.3 Å². The number of hydrogen-bond acceptors (Lipinski definition) is 3. The van der Waals surface area contributed by atoms with Gasteiger partial charge in [-0.1, -0.05) is 129 Å². The molecule has 0 saturated carbocycles. The molecule has 0 amide bonds. The monoisotopic (exact) mass is 494 g/mol. The largest absolute Gasteiger partial charge is 0.462 e. The molecule has 2 atom stereocenters. The molecule has 0 aromatic rings. The molecule has 0 radical (unpaired) electrons. The molecule has 2 unspecified atom stereocenters. The van der Waals surface area contributed by atoms with Crippen molar-refractivity contribution >= 4 is 5.97 Å². The van der Waals surface area contributed by atoms with Gasteiger partial charge in [-0.15, -0.1) is 0 Å². The predicted molar refractivity (Wildman–Crippen MR) is 153 cm³/mol. The van der Waals surface area contributed by atoms with Crippen LogP contribution in [0.25, 0.3) is 0 Å². The molecule has 0 aliphatic carbocycles. The summed E-state index contributed by atoms with van der Waals surface area (Å²) in [5.41, 5.74) is 0. The number of aliphatic hydroxyl groups excluding tert-OH is 1. The number of hydrogen-bond donors (Lipinski definition) is 1. The van der Waals surface area contributed by atoms with Gasteiger partial charge in [0, 0.05) is 12.8 Å². The zero-order chi connectivity index (χ0) is 25.8. The van der Waals surface area contributed by atoms with E-state index in [0.717, 1.165) is 51.4 Å². The van der Waals surface area contributed by atoms with Gasteiger partial charge in [-0.2, -0.15) is 0 Å². The molecule has 0 fully saturated rings. The van der Waals surface area contributed by atoms with E-state index >= 15 is 0 Å². The number of unbranched alkanes of at least 4 members (excludes halogenated alkanes) is 15. The number of allylic oxidation sites excluding steroid dienone is 1. The highest BCUT2D eigenvalue weighted by Gasteiger charge is 2.12. The van der Waals surface area contributed by atoms with Crippen molar-refractivity contribution in [1.29, 1.82) is 0 Å². The Morgan fingerprint density at radius 1 is 0.629 bits per heavy atom. The lowest BCUT2D eigenvalue weighted by molar-refractivity contribution is -0.149. The van der Waals surface area contributed by atoms with Gasteiger partial charge in [0.25, 0.3) is 0 Å². The Morgan fingerprint density at radius 2 is 1.11 bits per heavy atom. The topological polar surface area (TPSA) is 46.5 Å². The maximum Gasteiger partial charge on any atom is 0.306 e. The van der Waals surface area contributed by atoms with Crippen LogP contribution in [0, 0.1) is 0 Å². The summed E-state index contributed by atoms with van der Waals surface area (Å²) in [5, 5.41) is 10.2. The molecular weight excluding hydrogens is 432 g/mol. The molecule has 35 heavy (non-hydrogen) atoms. The number of esters is 1. The maximum absolute atomic E-state index is 11.9. The number of ether oxygens (including phenoxy) is 1. The smallest absolute Gasteiger partial charge is 0.306 e. The fraction of sp³-hybridized carbons (Fsp3) is 0.906. The van der Waals surface area contributed by atoms with Crippen LogP contribution in [-0.2, 0) is 9.53 Å². The first-order valence-corrected chi connectivity index (χ1v) is 15.7. The van der Waals surface area contributed by atoms with Gasteiger partial charge in [-0.25, -0.2) is 0 Å². The van der Waals surface area contributed by atoms with Crippen molar-refractivity contribution in [2.75, 3.05) is 0 Å². The van der Waals surface area contributed by atoms with Crippen LogP contribution in [0.2, 0.25) is 0 Å². The second kappa shape index (κ2) is 27.8. The molecule has 208 valence electrons. The highest BCUT2D eigenvalue weighted by Crippen LogP contribution is 2.16. The van der Waals surface area contributed by atoms with Crippen LogP contribution in [0.5, 0.6) is 0 Å². The van der Waals surface area contributed by atoms with Crippen LogP contribution in [-0.4, -0.2) is 23.3 Å². The Balaban J connectivity index is 3.67. The molecule has 0 aromatic carbocycles. The Morgan fingerprint density at radius 3 is 1.69 bits per heavy atom. The minimum atomic E-state index is -0.0839. The average Bonchev–Trinajstić information content (AvgIpc) is 2.84. The molecule has 1 N–H and O–H groups in total. The van der Waals surface area contributed by atoms with E-state index in [4.69, 9.17) is 4.74 Å². The lowest BCUT2D eigenvalue weighted by Crippen LogP contribution is -2.17. The second-order valence-electron chi connectivity index (χ2n) is 10.7. The highest BCUT2D eigenvalue weighted by atomic mass is 16.5. The Kier molecular flexibility index (Phi) is 27.1. The third kappa shape index (κ3) is 26.1.